The van der Waals surface area contributed by atoms with Gasteiger partial charge in [-0.05, 0) is 49.7 Å². The number of hydrogen-bond acceptors (Lipinski definition) is 4. The number of amides is 1. The van der Waals surface area contributed by atoms with Crippen molar-refractivity contribution in [3.05, 3.63) is 82.6 Å². The number of anilines is 2. The highest BCUT2D eigenvalue weighted by molar-refractivity contribution is 6.30. The molecule has 1 heterocycles. The normalized spacial score (nSPS) is 11.7. The Labute approximate surface area is 157 Å². The minimum atomic E-state index is -0.298. The molecule has 0 spiro atoms. The lowest BCUT2D eigenvalue weighted by Crippen LogP contribution is -2.17. The van der Waals surface area contributed by atoms with Gasteiger partial charge in [-0.2, -0.15) is 0 Å². The van der Waals surface area contributed by atoms with Gasteiger partial charge in [0.15, 0.2) is 0 Å². The fraction of sp³-hybridized carbons (Fsp3) is 0.150. The zero-order chi connectivity index (χ0) is 18.5. The van der Waals surface area contributed by atoms with Crippen LogP contribution in [0, 0.1) is 6.92 Å². The zero-order valence-electron chi connectivity index (χ0n) is 14.5. The predicted octanol–water partition coefficient (Wildman–Crippen LogP) is 4.86. The molecule has 0 aliphatic heterocycles. The van der Waals surface area contributed by atoms with Crippen LogP contribution in [0.15, 0.2) is 60.7 Å². The number of rotatable bonds is 5. The molecule has 132 valence electrons. The first-order chi connectivity index (χ1) is 12.5. The largest absolute Gasteiger partial charge is 0.348 e. The summed E-state index contributed by atoms with van der Waals surface area (Å²) >= 11 is 5.86. The van der Waals surface area contributed by atoms with Gasteiger partial charge in [-0.1, -0.05) is 41.9 Å². The quantitative estimate of drug-likeness (QED) is 0.676. The molecule has 6 heteroatoms. The van der Waals surface area contributed by atoms with Crippen molar-refractivity contribution >= 4 is 29.1 Å². The van der Waals surface area contributed by atoms with Gasteiger partial charge in [0.1, 0.15) is 5.69 Å². The Morgan fingerprint density at radius 3 is 2.42 bits per heavy atom. The molecule has 0 saturated heterocycles. The number of carbonyl (C=O) groups excluding carboxylic acids is 1. The maximum atomic E-state index is 12.5. The van der Waals surface area contributed by atoms with E-state index in [0.717, 1.165) is 5.56 Å². The number of halogens is 1. The summed E-state index contributed by atoms with van der Waals surface area (Å²) in [6.45, 7) is 3.85. The molecule has 1 amide bonds. The van der Waals surface area contributed by atoms with E-state index in [9.17, 15) is 4.79 Å². The average Bonchev–Trinajstić information content (AvgIpc) is 2.64. The summed E-state index contributed by atoms with van der Waals surface area (Å²) in [5, 5.41) is 6.67. The van der Waals surface area contributed by atoms with Crippen LogP contribution in [0.3, 0.4) is 0 Å². The molecule has 0 saturated carbocycles. The Hall–Kier alpha value is -2.92. The SMILES string of the molecule is Cc1cc(C(=O)Nc2ccc(Cl)cc2)nc(NC(C)c2ccccc2)n1. The second-order valence-electron chi connectivity index (χ2n) is 5.96. The fourth-order valence-electron chi connectivity index (χ4n) is 2.50. The van der Waals surface area contributed by atoms with E-state index < -0.39 is 0 Å². The molecule has 26 heavy (non-hydrogen) atoms. The van der Waals surface area contributed by atoms with Gasteiger partial charge >= 0.3 is 0 Å². The van der Waals surface area contributed by atoms with Crippen molar-refractivity contribution < 1.29 is 4.79 Å². The highest BCUT2D eigenvalue weighted by Gasteiger charge is 2.13. The van der Waals surface area contributed by atoms with Gasteiger partial charge in [0.25, 0.3) is 5.91 Å². The summed E-state index contributed by atoms with van der Waals surface area (Å²) in [6.07, 6.45) is 0. The molecular weight excluding hydrogens is 348 g/mol. The van der Waals surface area contributed by atoms with Crippen molar-refractivity contribution in [1.29, 1.82) is 0 Å². The molecule has 0 aliphatic rings. The second-order valence-corrected chi connectivity index (χ2v) is 6.39. The molecule has 3 aromatic rings. The van der Waals surface area contributed by atoms with E-state index in [1.807, 2.05) is 44.2 Å². The number of aromatic nitrogens is 2. The average molecular weight is 367 g/mol. The highest BCUT2D eigenvalue weighted by atomic mass is 35.5. The smallest absolute Gasteiger partial charge is 0.274 e. The van der Waals surface area contributed by atoms with Crippen LogP contribution in [-0.4, -0.2) is 15.9 Å². The Morgan fingerprint density at radius 1 is 1.04 bits per heavy atom. The van der Waals surface area contributed by atoms with Crippen molar-refractivity contribution in [2.75, 3.05) is 10.6 Å². The van der Waals surface area contributed by atoms with E-state index in [2.05, 4.69) is 20.6 Å². The van der Waals surface area contributed by atoms with E-state index in [-0.39, 0.29) is 11.9 Å². The van der Waals surface area contributed by atoms with Gasteiger partial charge in [-0.25, -0.2) is 9.97 Å². The molecule has 2 aromatic carbocycles. The summed E-state index contributed by atoms with van der Waals surface area (Å²) in [5.41, 5.74) is 2.78. The van der Waals surface area contributed by atoms with E-state index in [1.54, 1.807) is 30.3 Å². The Kier molecular flexibility index (Phi) is 5.49. The lowest BCUT2D eigenvalue weighted by Gasteiger charge is -2.15. The number of nitrogens with one attached hydrogen (secondary N) is 2. The third kappa shape index (κ3) is 4.58. The van der Waals surface area contributed by atoms with E-state index in [0.29, 0.717) is 28.0 Å². The molecule has 1 atom stereocenters. The molecule has 3 rings (SSSR count). The fourth-order valence-corrected chi connectivity index (χ4v) is 2.62. The predicted molar refractivity (Wildman–Crippen MR) is 105 cm³/mol. The van der Waals surface area contributed by atoms with Crippen LogP contribution in [0.2, 0.25) is 5.02 Å². The number of aryl methyl sites for hydroxylation is 1. The van der Waals surface area contributed by atoms with Crippen molar-refractivity contribution in [3.63, 3.8) is 0 Å². The Bertz CT molecular complexity index is 897. The summed E-state index contributed by atoms with van der Waals surface area (Å²) in [6, 6.07) is 18.6. The van der Waals surface area contributed by atoms with Crippen LogP contribution in [-0.2, 0) is 0 Å². The zero-order valence-corrected chi connectivity index (χ0v) is 15.3. The number of hydrogen-bond donors (Lipinski definition) is 2. The summed E-state index contributed by atoms with van der Waals surface area (Å²) < 4.78 is 0. The summed E-state index contributed by atoms with van der Waals surface area (Å²) in [4.78, 5) is 21.2. The molecule has 2 N–H and O–H groups in total. The molecule has 5 nitrogen and oxygen atoms in total. The summed E-state index contributed by atoms with van der Waals surface area (Å²) in [5.74, 6) is 0.121. The maximum absolute atomic E-state index is 12.5. The van der Waals surface area contributed by atoms with Gasteiger partial charge in [0.05, 0.1) is 6.04 Å². The van der Waals surface area contributed by atoms with Gasteiger partial charge in [0.2, 0.25) is 5.95 Å². The molecule has 0 radical (unpaired) electrons. The minimum absolute atomic E-state index is 0.0187. The molecule has 1 aromatic heterocycles. The lowest BCUT2D eigenvalue weighted by atomic mass is 10.1. The van der Waals surface area contributed by atoms with Crippen LogP contribution in [0.1, 0.15) is 34.7 Å². The van der Waals surface area contributed by atoms with Gasteiger partial charge in [0, 0.05) is 16.4 Å². The number of nitrogens with zero attached hydrogens (tertiary/aromatic N) is 2. The number of benzene rings is 2. The molecule has 0 aliphatic carbocycles. The van der Waals surface area contributed by atoms with Crippen LogP contribution in [0.25, 0.3) is 0 Å². The van der Waals surface area contributed by atoms with Gasteiger partial charge in [-0.3, -0.25) is 4.79 Å². The van der Waals surface area contributed by atoms with Crippen LogP contribution in [0.5, 0.6) is 0 Å². The van der Waals surface area contributed by atoms with Crippen molar-refractivity contribution in [3.8, 4) is 0 Å². The summed E-state index contributed by atoms with van der Waals surface area (Å²) in [7, 11) is 0. The van der Waals surface area contributed by atoms with E-state index >= 15 is 0 Å². The van der Waals surface area contributed by atoms with Crippen molar-refractivity contribution in [1.82, 2.24) is 9.97 Å². The number of carbonyl (C=O) groups is 1. The van der Waals surface area contributed by atoms with Crippen LogP contribution in [0.4, 0.5) is 11.6 Å². The topological polar surface area (TPSA) is 66.9 Å². The Balaban J connectivity index is 1.76. The lowest BCUT2D eigenvalue weighted by molar-refractivity contribution is 0.102. The first-order valence-corrected chi connectivity index (χ1v) is 8.63. The van der Waals surface area contributed by atoms with E-state index in [1.165, 1.54) is 0 Å². The van der Waals surface area contributed by atoms with E-state index in [4.69, 9.17) is 11.6 Å². The molecule has 1 unspecified atom stereocenters. The van der Waals surface area contributed by atoms with Gasteiger partial charge in [-0.15, -0.1) is 0 Å². The molecular formula is C20H19ClN4O. The molecule has 0 bridgehead atoms. The highest BCUT2D eigenvalue weighted by Crippen LogP contribution is 2.18. The third-order valence-corrected chi connectivity index (χ3v) is 4.09. The second kappa shape index (κ2) is 7.97. The van der Waals surface area contributed by atoms with Crippen molar-refractivity contribution in [2.24, 2.45) is 0 Å². The van der Waals surface area contributed by atoms with Crippen LogP contribution < -0.4 is 10.6 Å². The standard InChI is InChI=1S/C20H19ClN4O/c1-13-12-18(19(26)24-17-10-8-16(21)9-11-17)25-20(22-13)23-14(2)15-6-4-3-5-7-15/h3-12,14H,1-2H3,(H,24,26)(H,22,23,25). The molecule has 0 fully saturated rings. The first kappa shape index (κ1) is 17.9. The van der Waals surface area contributed by atoms with Gasteiger partial charge < -0.3 is 10.6 Å². The first-order valence-electron chi connectivity index (χ1n) is 8.25. The monoisotopic (exact) mass is 366 g/mol. The van der Waals surface area contributed by atoms with Crippen molar-refractivity contribution in [2.45, 2.75) is 19.9 Å². The Morgan fingerprint density at radius 2 is 1.73 bits per heavy atom. The minimum Gasteiger partial charge on any atom is -0.348 e. The van der Waals surface area contributed by atoms with Crippen LogP contribution >= 0.6 is 11.6 Å². The third-order valence-electron chi connectivity index (χ3n) is 3.83. The maximum Gasteiger partial charge on any atom is 0.274 e.